The molecule has 0 saturated heterocycles. The lowest BCUT2D eigenvalue weighted by Gasteiger charge is -2.07. The van der Waals surface area contributed by atoms with Crippen LogP contribution in [-0.4, -0.2) is 27.4 Å². The zero-order valence-corrected chi connectivity index (χ0v) is 12.8. The van der Waals surface area contributed by atoms with E-state index in [2.05, 4.69) is 37.5 Å². The number of amides is 1. The second-order valence-corrected chi connectivity index (χ2v) is 5.79. The van der Waals surface area contributed by atoms with Gasteiger partial charge in [0, 0.05) is 10.4 Å². The topological polar surface area (TPSA) is 59.8 Å². The number of nitrogens with zero attached hydrogens (tertiary/aromatic N) is 3. The van der Waals surface area contributed by atoms with Crippen molar-refractivity contribution in [1.82, 2.24) is 20.3 Å². The van der Waals surface area contributed by atoms with Crippen LogP contribution in [0.5, 0.6) is 0 Å². The van der Waals surface area contributed by atoms with E-state index in [-0.39, 0.29) is 12.5 Å². The number of carbonyl (C=O) groups excluding carboxylic acids is 1. The second kappa shape index (κ2) is 5.70. The van der Waals surface area contributed by atoms with Crippen molar-refractivity contribution in [2.24, 2.45) is 0 Å². The van der Waals surface area contributed by atoms with E-state index in [9.17, 15) is 4.79 Å². The van der Waals surface area contributed by atoms with Crippen molar-refractivity contribution in [1.29, 1.82) is 0 Å². The summed E-state index contributed by atoms with van der Waals surface area (Å²) in [6.45, 7) is 0.189. The quantitative estimate of drug-likeness (QED) is 0.865. The van der Waals surface area contributed by atoms with Crippen LogP contribution in [-0.2, 0) is 0 Å². The molecule has 21 heavy (non-hydrogen) atoms. The molecule has 1 aromatic heterocycles. The molecule has 1 N–H and O–H groups in total. The Bertz CT molecular complexity index is 710. The molecule has 1 amide bonds. The van der Waals surface area contributed by atoms with E-state index in [1.807, 2.05) is 24.3 Å². The maximum absolute atomic E-state index is 12.1. The zero-order valence-electron chi connectivity index (χ0n) is 11.2. The monoisotopic (exact) mass is 344 g/mol. The fraction of sp³-hybridized carbons (Fsp3) is 0.267. The maximum Gasteiger partial charge on any atom is 0.274 e. The van der Waals surface area contributed by atoms with Gasteiger partial charge < -0.3 is 5.32 Å². The van der Waals surface area contributed by atoms with Crippen LogP contribution < -0.4 is 5.32 Å². The fourth-order valence-corrected chi connectivity index (χ4v) is 2.43. The smallest absolute Gasteiger partial charge is 0.274 e. The number of terminal acetylenes is 1. The number of benzene rings is 1. The molecule has 0 atom stereocenters. The minimum absolute atomic E-state index is 0.189. The SMILES string of the molecule is C#CCNC(=O)c1nnn(-c2ccc(Br)cc2)c1C1CC1. The summed E-state index contributed by atoms with van der Waals surface area (Å²) < 4.78 is 2.74. The number of hydrogen-bond acceptors (Lipinski definition) is 3. The summed E-state index contributed by atoms with van der Waals surface area (Å²) in [7, 11) is 0. The largest absolute Gasteiger partial charge is 0.340 e. The van der Waals surface area contributed by atoms with Gasteiger partial charge in [0.1, 0.15) is 0 Å². The highest BCUT2D eigenvalue weighted by Gasteiger charge is 2.34. The van der Waals surface area contributed by atoms with Gasteiger partial charge in [0.05, 0.1) is 17.9 Å². The molecule has 1 aromatic carbocycles. The number of aromatic nitrogens is 3. The molecule has 1 heterocycles. The van der Waals surface area contributed by atoms with E-state index in [1.165, 1.54) is 0 Å². The first kappa shape index (κ1) is 13.8. The first-order valence-electron chi connectivity index (χ1n) is 6.64. The van der Waals surface area contributed by atoms with Crippen molar-refractivity contribution in [3.63, 3.8) is 0 Å². The van der Waals surface area contributed by atoms with Gasteiger partial charge in [0.2, 0.25) is 0 Å². The van der Waals surface area contributed by atoms with Crippen LogP contribution >= 0.6 is 15.9 Å². The van der Waals surface area contributed by atoms with Gasteiger partial charge in [-0.25, -0.2) is 4.68 Å². The molecule has 0 radical (unpaired) electrons. The summed E-state index contributed by atoms with van der Waals surface area (Å²) in [5, 5.41) is 10.8. The van der Waals surface area contributed by atoms with Crippen molar-refractivity contribution in [2.45, 2.75) is 18.8 Å². The summed E-state index contributed by atoms with van der Waals surface area (Å²) in [6.07, 6.45) is 7.27. The predicted molar refractivity (Wildman–Crippen MR) is 82.2 cm³/mol. The first-order chi connectivity index (χ1) is 10.2. The maximum atomic E-state index is 12.1. The van der Waals surface area contributed by atoms with E-state index in [0.29, 0.717) is 11.6 Å². The molecule has 0 spiro atoms. The van der Waals surface area contributed by atoms with Crippen LogP contribution in [0.25, 0.3) is 5.69 Å². The van der Waals surface area contributed by atoms with E-state index < -0.39 is 0 Å². The minimum atomic E-state index is -0.266. The molecule has 0 aliphatic heterocycles. The Balaban J connectivity index is 1.99. The third-order valence-electron chi connectivity index (χ3n) is 3.31. The van der Waals surface area contributed by atoms with Crippen LogP contribution in [0.4, 0.5) is 0 Å². The summed E-state index contributed by atoms with van der Waals surface area (Å²) in [5.74, 6) is 2.46. The lowest BCUT2D eigenvalue weighted by atomic mass is 10.2. The molecule has 1 fully saturated rings. The van der Waals surface area contributed by atoms with Crippen LogP contribution in [0.3, 0.4) is 0 Å². The molecule has 1 saturated carbocycles. The van der Waals surface area contributed by atoms with E-state index in [0.717, 1.165) is 28.7 Å². The van der Waals surface area contributed by atoms with Gasteiger partial charge in [-0.3, -0.25) is 4.79 Å². The highest BCUT2D eigenvalue weighted by Crippen LogP contribution is 2.41. The van der Waals surface area contributed by atoms with E-state index in [1.54, 1.807) is 4.68 Å². The van der Waals surface area contributed by atoms with Gasteiger partial charge in [-0.1, -0.05) is 27.1 Å². The Kier molecular flexibility index (Phi) is 3.76. The summed E-state index contributed by atoms with van der Waals surface area (Å²) in [4.78, 5) is 12.1. The van der Waals surface area contributed by atoms with Gasteiger partial charge in [-0.2, -0.15) is 0 Å². The molecule has 5 nitrogen and oxygen atoms in total. The molecule has 1 aliphatic carbocycles. The lowest BCUT2D eigenvalue weighted by molar-refractivity contribution is 0.0952. The Morgan fingerprint density at radius 2 is 2.14 bits per heavy atom. The van der Waals surface area contributed by atoms with Crippen molar-refractivity contribution >= 4 is 21.8 Å². The van der Waals surface area contributed by atoms with Crippen LogP contribution in [0.2, 0.25) is 0 Å². The first-order valence-corrected chi connectivity index (χ1v) is 7.43. The van der Waals surface area contributed by atoms with E-state index >= 15 is 0 Å². The Morgan fingerprint density at radius 3 is 2.76 bits per heavy atom. The predicted octanol–water partition coefficient (Wildman–Crippen LogP) is 2.27. The minimum Gasteiger partial charge on any atom is -0.340 e. The summed E-state index contributed by atoms with van der Waals surface area (Å²) in [5.41, 5.74) is 2.13. The standard InChI is InChI=1S/C15H13BrN4O/c1-2-9-17-15(21)13-14(10-3-4-10)20(19-18-13)12-7-5-11(16)6-8-12/h1,5-8,10H,3-4,9H2,(H,17,21). The van der Waals surface area contributed by atoms with Crippen LogP contribution in [0.15, 0.2) is 28.7 Å². The zero-order chi connectivity index (χ0) is 14.8. The van der Waals surface area contributed by atoms with Gasteiger partial charge in [-0.15, -0.1) is 11.5 Å². The third-order valence-corrected chi connectivity index (χ3v) is 3.83. The highest BCUT2D eigenvalue weighted by molar-refractivity contribution is 9.10. The fourth-order valence-electron chi connectivity index (χ4n) is 2.16. The van der Waals surface area contributed by atoms with Gasteiger partial charge >= 0.3 is 0 Å². The van der Waals surface area contributed by atoms with E-state index in [4.69, 9.17) is 6.42 Å². The lowest BCUT2D eigenvalue weighted by Crippen LogP contribution is -2.25. The molecule has 6 heteroatoms. The molecule has 3 rings (SSSR count). The van der Waals surface area contributed by atoms with Crippen molar-refractivity contribution < 1.29 is 4.79 Å². The Morgan fingerprint density at radius 1 is 1.43 bits per heavy atom. The van der Waals surface area contributed by atoms with Gasteiger partial charge in [-0.05, 0) is 37.1 Å². The average Bonchev–Trinajstić information content (AvgIpc) is 3.24. The number of hydrogen-bond donors (Lipinski definition) is 1. The van der Waals surface area contributed by atoms with Crippen LogP contribution in [0.1, 0.15) is 34.9 Å². The highest BCUT2D eigenvalue weighted by atomic mass is 79.9. The Labute approximate surface area is 130 Å². The van der Waals surface area contributed by atoms with Gasteiger partial charge in [0.25, 0.3) is 5.91 Å². The van der Waals surface area contributed by atoms with Crippen molar-refractivity contribution in [2.75, 3.05) is 6.54 Å². The molecule has 0 unspecified atom stereocenters. The number of rotatable bonds is 4. The van der Waals surface area contributed by atoms with Crippen molar-refractivity contribution in [3.8, 4) is 18.0 Å². The normalized spacial score (nSPS) is 13.7. The molecule has 0 bridgehead atoms. The molecular formula is C15H13BrN4O. The molecule has 2 aromatic rings. The second-order valence-electron chi connectivity index (χ2n) is 4.87. The summed E-state index contributed by atoms with van der Waals surface area (Å²) >= 11 is 3.41. The molecular weight excluding hydrogens is 332 g/mol. The Hall–Kier alpha value is -2.13. The average molecular weight is 345 g/mol. The molecule has 106 valence electrons. The summed E-state index contributed by atoms with van der Waals surface area (Å²) in [6, 6.07) is 7.75. The number of nitrogens with one attached hydrogen (secondary N) is 1. The number of halogens is 1. The van der Waals surface area contributed by atoms with Crippen LogP contribution in [0, 0.1) is 12.3 Å². The van der Waals surface area contributed by atoms with Gasteiger partial charge in [0.15, 0.2) is 5.69 Å². The number of carbonyl (C=O) groups is 1. The van der Waals surface area contributed by atoms with Crippen molar-refractivity contribution in [3.05, 3.63) is 40.1 Å². The molecule has 1 aliphatic rings. The third kappa shape index (κ3) is 2.83.